The Bertz CT molecular complexity index is 929. The van der Waals surface area contributed by atoms with Crippen molar-refractivity contribution in [2.24, 2.45) is 0 Å². The van der Waals surface area contributed by atoms with Crippen LogP contribution >= 0.6 is 0 Å². The first-order chi connectivity index (χ1) is 15.6. The normalized spacial score (nSPS) is 17.0. The van der Waals surface area contributed by atoms with E-state index in [1.165, 1.54) is 0 Å². The summed E-state index contributed by atoms with van der Waals surface area (Å²) in [5.41, 5.74) is 2.07. The first-order valence-corrected chi connectivity index (χ1v) is 11.0. The second-order valence-corrected chi connectivity index (χ2v) is 8.22. The van der Waals surface area contributed by atoms with E-state index < -0.39 is 0 Å². The maximum absolute atomic E-state index is 12.5. The number of nitrogens with one attached hydrogen (secondary N) is 2. The molecule has 2 aromatic rings. The molecule has 2 aromatic carbocycles. The van der Waals surface area contributed by atoms with E-state index in [0.717, 1.165) is 43.1 Å². The Balaban J connectivity index is 1.15. The fraction of sp³-hybridized carbons (Fsp3) is 0.417. The lowest BCUT2D eigenvalue weighted by atomic mass is 10.1. The smallest absolute Gasteiger partial charge is 0.234 e. The Morgan fingerprint density at radius 2 is 1.56 bits per heavy atom. The van der Waals surface area contributed by atoms with Crippen LogP contribution in [0.15, 0.2) is 48.5 Å². The number of hydrogen-bond acceptors (Lipinski definition) is 6. The number of nitrogens with zero attached hydrogens (tertiary/aromatic N) is 2. The van der Waals surface area contributed by atoms with Crippen LogP contribution in [0.25, 0.3) is 0 Å². The number of benzene rings is 2. The number of hydrogen-bond donors (Lipinski definition) is 2. The summed E-state index contributed by atoms with van der Waals surface area (Å²) in [6.07, 6.45) is 0. The summed E-state index contributed by atoms with van der Waals surface area (Å²) in [6, 6.07) is 15.5. The molecular weight excluding hydrogens is 408 g/mol. The van der Waals surface area contributed by atoms with Gasteiger partial charge in [-0.05, 0) is 30.2 Å². The molecule has 1 fully saturated rings. The number of ether oxygens (including phenoxy) is 2. The van der Waals surface area contributed by atoms with Crippen molar-refractivity contribution in [3.63, 3.8) is 0 Å². The SMILES string of the molecule is CC(NC(=O)CN1CCN(CC(=O)NCc2ccccc2)CC1)c1ccc2c(c1)OCO2. The van der Waals surface area contributed by atoms with E-state index in [1.54, 1.807) is 0 Å². The third kappa shape index (κ3) is 5.99. The first kappa shape index (κ1) is 22.1. The molecule has 8 nitrogen and oxygen atoms in total. The second-order valence-electron chi connectivity index (χ2n) is 8.22. The van der Waals surface area contributed by atoms with Crippen molar-refractivity contribution in [3.05, 3.63) is 59.7 Å². The van der Waals surface area contributed by atoms with Crippen molar-refractivity contribution in [2.45, 2.75) is 19.5 Å². The minimum Gasteiger partial charge on any atom is -0.454 e. The maximum atomic E-state index is 12.5. The Labute approximate surface area is 188 Å². The van der Waals surface area contributed by atoms with Gasteiger partial charge in [0.15, 0.2) is 11.5 Å². The average Bonchev–Trinajstić information content (AvgIpc) is 3.27. The zero-order valence-corrected chi connectivity index (χ0v) is 18.4. The molecule has 2 N–H and O–H groups in total. The fourth-order valence-corrected chi connectivity index (χ4v) is 3.92. The van der Waals surface area contributed by atoms with E-state index in [2.05, 4.69) is 20.4 Å². The molecule has 1 atom stereocenters. The zero-order chi connectivity index (χ0) is 22.3. The van der Waals surface area contributed by atoms with E-state index in [4.69, 9.17) is 9.47 Å². The summed E-state index contributed by atoms with van der Waals surface area (Å²) in [7, 11) is 0. The monoisotopic (exact) mass is 438 g/mol. The summed E-state index contributed by atoms with van der Waals surface area (Å²) < 4.78 is 10.8. The molecule has 2 aliphatic heterocycles. The van der Waals surface area contributed by atoms with Crippen LogP contribution < -0.4 is 20.1 Å². The highest BCUT2D eigenvalue weighted by atomic mass is 16.7. The van der Waals surface area contributed by atoms with Gasteiger partial charge in [0.05, 0.1) is 19.1 Å². The minimum atomic E-state index is -0.119. The molecule has 0 aliphatic carbocycles. The van der Waals surface area contributed by atoms with Gasteiger partial charge < -0.3 is 20.1 Å². The predicted octanol–water partition coefficient (Wildman–Crippen LogP) is 1.53. The van der Waals surface area contributed by atoms with Crippen LogP contribution in [0.3, 0.4) is 0 Å². The highest BCUT2D eigenvalue weighted by Gasteiger charge is 2.22. The van der Waals surface area contributed by atoms with Crippen LogP contribution in [0.5, 0.6) is 11.5 Å². The lowest BCUT2D eigenvalue weighted by Gasteiger charge is -2.34. The van der Waals surface area contributed by atoms with E-state index in [0.29, 0.717) is 25.4 Å². The van der Waals surface area contributed by atoms with Crippen LogP contribution in [-0.2, 0) is 16.1 Å². The predicted molar refractivity (Wildman–Crippen MR) is 120 cm³/mol. The molecule has 170 valence electrons. The highest BCUT2D eigenvalue weighted by molar-refractivity contribution is 5.79. The van der Waals surface area contributed by atoms with Crippen LogP contribution in [0.2, 0.25) is 0 Å². The lowest BCUT2D eigenvalue weighted by molar-refractivity contribution is -0.125. The topological polar surface area (TPSA) is 83.1 Å². The van der Waals surface area contributed by atoms with Gasteiger partial charge in [-0.1, -0.05) is 36.4 Å². The van der Waals surface area contributed by atoms with Gasteiger partial charge in [-0.2, -0.15) is 0 Å². The average molecular weight is 439 g/mol. The van der Waals surface area contributed by atoms with Crippen LogP contribution in [0, 0.1) is 0 Å². The Morgan fingerprint density at radius 1 is 0.906 bits per heavy atom. The fourth-order valence-electron chi connectivity index (χ4n) is 3.92. The van der Waals surface area contributed by atoms with Crippen molar-refractivity contribution < 1.29 is 19.1 Å². The standard InChI is InChI=1S/C24H30N4O4/c1-18(20-7-8-21-22(13-20)32-17-31-21)26-24(30)16-28-11-9-27(10-12-28)15-23(29)25-14-19-5-3-2-4-6-19/h2-8,13,18H,9-12,14-17H2,1H3,(H,25,29)(H,26,30). The second kappa shape index (κ2) is 10.5. The van der Waals surface area contributed by atoms with Gasteiger partial charge >= 0.3 is 0 Å². The molecule has 0 radical (unpaired) electrons. The Hall–Kier alpha value is -3.10. The minimum absolute atomic E-state index is 0.00998. The largest absolute Gasteiger partial charge is 0.454 e. The number of piperazine rings is 1. The van der Waals surface area contributed by atoms with Crippen molar-refractivity contribution in [1.29, 1.82) is 0 Å². The van der Waals surface area contributed by atoms with Gasteiger partial charge in [-0.15, -0.1) is 0 Å². The Morgan fingerprint density at radius 3 is 2.28 bits per heavy atom. The van der Waals surface area contributed by atoms with E-state index >= 15 is 0 Å². The van der Waals surface area contributed by atoms with Crippen molar-refractivity contribution in [2.75, 3.05) is 46.1 Å². The van der Waals surface area contributed by atoms with E-state index in [-0.39, 0.29) is 24.6 Å². The van der Waals surface area contributed by atoms with E-state index in [1.807, 2.05) is 55.5 Å². The van der Waals surface area contributed by atoms with Gasteiger partial charge in [0.2, 0.25) is 18.6 Å². The third-order valence-corrected chi connectivity index (χ3v) is 5.81. The van der Waals surface area contributed by atoms with Gasteiger partial charge in [0, 0.05) is 32.7 Å². The van der Waals surface area contributed by atoms with Crippen molar-refractivity contribution >= 4 is 11.8 Å². The van der Waals surface area contributed by atoms with Gasteiger partial charge in [0.25, 0.3) is 0 Å². The highest BCUT2D eigenvalue weighted by Crippen LogP contribution is 2.34. The quantitative estimate of drug-likeness (QED) is 0.651. The first-order valence-electron chi connectivity index (χ1n) is 11.0. The molecule has 0 saturated carbocycles. The number of amides is 2. The molecule has 1 saturated heterocycles. The van der Waals surface area contributed by atoms with Gasteiger partial charge in [-0.3, -0.25) is 19.4 Å². The number of rotatable bonds is 8. The molecule has 32 heavy (non-hydrogen) atoms. The molecular formula is C24H30N4O4. The third-order valence-electron chi connectivity index (χ3n) is 5.81. The molecule has 0 spiro atoms. The van der Waals surface area contributed by atoms with E-state index in [9.17, 15) is 9.59 Å². The molecule has 2 amide bonds. The molecule has 0 aromatic heterocycles. The summed E-state index contributed by atoms with van der Waals surface area (Å²) in [6.45, 7) is 6.53. The summed E-state index contributed by atoms with van der Waals surface area (Å²) in [5, 5.41) is 6.02. The molecule has 2 heterocycles. The van der Waals surface area contributed by atoms with Crippen LogP contribution in [0.4, 0.5) is 0 Å². The molecule has 2 aliphatic rings. The Kier molecular flexibility index (Phi) is 7.24. The van der Waals surface area contributed by atoms with Crippen LogP contribution in [0.1, 0.15) is 24.1 Å². The molecule has 4 rings (SSSR count). The molecule has 0 bridgehead atoms. The van der Waals surface area contributed by atoms with Gasteiger partial charge in [0.1, 0.15) is 0 Å². The van der Waals surface area contributed by atoms with Crippen molar-refractivity contribution in [1.82, 2.24) is 20.4 Å². The number of carbonyl (C=O) groups excluding carboxylic acids is 2. The summed E-state index contributed by atoms with van der Waals surface area (Å²) >= 11 is 0. The number of carbonyl (C=O) groups is 2. The van der Waals surface area contributed by atoms with Crippen LogP contribution in [-0.4, -0.2) is 67.7 Å². The van der Waals surface area contributed by atoms with Crippen molar-refractivity contribution in [3.8, 4) is 11.5 Å². The zero-order valence-electron chi connectivity index (χ0n) is 18.4. The van der Waals surface area contributed by atoms with Gasteiger partial charge in [-0.25, -0.2) is 0 Å². The lowest BCUT2D eigenvalue weighted by Crippen LogP contribution is -2.51. The summed E-state index contributed by atoms with van der Waals surface area (Å²) in [4.78, 5) is 29.0. The molecule has 8 heteroatoms. The maximum Gasteiger partial charge on any atom is 0.234 e. The molecule has 1 unspecified atom stereocenters. The summed E-state index contributed by atoms with van der Waals surface area (Å²) in [5.74, 6) is 1.47. The number of fused-ring (bicyclic) bond motifs is 1.